The molecule has 1 aromatic carbocycles. The number of benzene rings is 1. The fourth-order valence-corrected chi connectivity index (χ4v) is 2.63. The van der Waals surface area contributed by atoms with Crippen LogP contribution in [0, 0.1) is 0 Å². The van der Waals surface area contributed by atoms with Crippen molar-refractivity contribution in [3.05, 3.63) is 30.5 Å². The van der Waals surface area contributed by atoms with Gasteiger partial charge in [0, 0.05) is 30.1 Å². The molecule has 1 fully saturated rings. The topological polar surface area (TPSA) is 32.6 Å². The molecule has 3 rings (SSSR count). The van der Waals surface area contributed by atoms with Crippen molar-refractivity contribution in [1.29, 1.82) is 0 Å². The minimum absolute atomic E-state index is 0.0524. The van der Waals surface area contributed by atoms with Gasteiger partial charge in [0.05, 0.1) is 19.8 Å². The Labute approximate surface area is 125 Å². The molecule has 1 aliphatic rings. The first-order valence-electron chi connectivity index (χ1n) is 7.81. The van der Waals surface area contributed by atoms with Crippen molar-refractivity contribution in [2.45, 2.75) is 39.0 Å². The van der Waals surface area contributed by atoms with E-state index in [1.807, 2.05) is 6.07 Å². The number of fused-ring (bicyclic) bond motifs is 1. The summed E-state index contributed by atoms with van der Waals surface area (Å²) in [5.41, 5.74) is 1.23. The number of hydrogen-bond acceptors (Lipinski definition) is 3. The molecule has 0 N–H and O–H groups in total. The largest absolute Gasteiger partial charge is 0.494 e. The molecule has 0 atom stereocenters. The molecule has 2 heterocycles. The lowest BCUT2D eigenvalue weighted by Gasteiger charge is -2.23. The van der Waals surface area contributed by atoms with Gasteiger partial charge in [-0.25, -0.2) is 0 Å². The number of rotatable bonds is 6. The van der Waals surface area contributed by atoms with E-state index in [9.17, 15) is 0 Å². The highest BCUT2D eigenvalue weighted by Gasteiger charge is 2.14. The maximum atomic E-state index is 5.68. The predicted molar refractivity (Wildman–Crippen MR) is 82.7 cm³/mol. The zero-order chi connectivity index (χ0) is 14.5. The molecule has 4 heteroatoms. The number of hydrogen-bond donors (Lipinski definition) is 0. The molecule has 0 spiro atoms. The number of aryl methyl sites for hydroxylation is 1. The van der Waals surface area contributed by atoms with E-state index in [0.717, 1.165) is 51.4 Å². The molecular weight excluding hydrogens is 266 g/mol. The summed E-state index contributed by atoms with van der Waals surface area (Å²) in [6, 6.07) is 8.41. The van der Waals surface area contributed by atoms with Crippen LogP contribution in [0.3, 0.4) is 0 Å². The summed E-state index contributed by atoms with van der Waals surface area (Å²) < 4.78 is 19.1. The smallest absolute Gasteiger partial charge is 0.159 e. The minimum Gasteiger partial charge on any atom is -0.494 e. The fourth-order valence-electron chi connectivity index (χ4n) is 2.63. The first kappa shape index (κ1) is 14.4. The summed E-state index contributed by atoms with van der Waals surface area (Å²) in [6.07, 6.45) is 4.99. The van der Waals surface area contributed by atoms with Crippen LogP contribution in [0.15, 0.2) is 30.5 Å². The third-order valence-corrected chi connectivity index (χ3v) is 3.72. The lowest BCUT2D eigenvalue weighted by molar-refractivity contribution is -0.182. The lowest BCUT2D eigenvalue weighted by atomic mass is 10.2. The average Bonchev–Trinajstić information content (AvgIpc) is 2.94. The summed E-state index contributed by atoms with van der Waals surface area (Å²) in [6.45, 7) is 5.42. The van der Waals surface area contributed by atoms with Crippen molar-refractivity contribution < 1.29 is 14.2 Å². The summed E-state index contributed by atoms with van der Waals surface area (Å²) in [5, 5.41) is 1.22. The van der Waals surface area contributed by atoms with Gasteiger partial charge in [0.2, 0.25) is 0 Å². The Morgan fingerprint density at radius 1 is 1.24 bits per heavy atom. The van der Waals surface area contributed by atoms with E-state index in [1.54, 1.807) is 0 Å². The van der Waals surface area contributed by atoms with Crippen LogP contribution >= 0.6 is 0 Å². The molecule has 114 valence electrons. The van der Waals surface area contributed by atoms with E-state index in [2.05, 4.69) is 35.9 Å². The second kappa shape index (κ2) is 6.96. The SMILES string of the molecule is CCCOc1ccc2c(ccn2CCC2OCCCO2)c1. The van der Waals surface area contributed by atoms with Crippen LogP contribution in [0.5, 0.6) is 5.75 Å². The highest BCUT2D eigenvalue weighted by atomic mass is 16.7. The molecule has 0 bridgehead atoms. The Morgan fingerprint density at radius 2 is 2.10 bits per heavy atom. The van der Waals surface area contributed by atoms with Crippen LogP contribution in [0.25, 0.3) is 10.9 Å². The van der Waals surface area contributed by atoms with Crippen LogP contribution in [0.1, 0.15) is 26.2 Å². The summed E-state index contributed by atoms with van der Waals surface area (Å²) in [4.78, 5) is 0. The van der Waals surface area contributed by atoms with Gasteiger partial charge in [0.1, 0.15) is 5.75 Å². The maximum absolute atomic E-state index is 5.68. The minimum atomic E-state index is -0.0524. The average molecular weight is 289 g/mol. The van der Waals surface area contributed by atoms with Crippen molar-refractivity contribution >= 4 is 10.9 Å². The van der Waals surface area contributed by atoms with E-state index in [4.69, 9.17) is 14.2 Å². The van der Waals surface area contributed by atoms with Crippen LogP contribution in [-0.2, 0) is 16.0 Å². The fraction of sp³-hybridized carbons (Fsp3) is 0.529. The van der Waals surface area contributed by atoms with Gasteiger partial charge >= 0.3 is 0 Å². The lowest BCUT2D eigenvalue weighted by Crippen LogP contribution is -2.25. The number of ether oxygens (including phenoxy) is 3. The van der Waals surface area contributed by atoms with Gasteiger partial charge in [-0.3, -0.25) is 0 Å². The van der Waals surface area contributed by atoms with Gasteiger partial charge in [-0.2, -0.15) is 0 Å². The van der Waals surface area contributed by atoms with Crippen LogP contribution in [0.2, 0.25) is 0 Å². The van der Waals surface area contributed by atoms with Gasteiger partial charge in [-0.1, -0.05) is 6.92 Å². The number of nitrogens with zero attached hydrogens (tertiary/aromatic N) is 1. The zero-order valence-corrected chi connectivity index (χ0v) is 12.6. The molecule has 1 aliphatic heterocycles. The van der Waals surface area contributed by atoms with Crippen molar-refractivity contribution in [3.8, 4) is 5.75 Å². The Bertz CT molecular complexity index is 572. The molecule has 1 aromatic heterocycles. The van der Waals surface area contributed by atoms with Crippen LogP contribution < -0.4 is 4.74 Å². The second-order valence-corrected chi connectivity index (χ2v) is 5.39. The Hall–Kier alpha value is -1.52. The molecule has 1 saturated heterocycles. The van der Waals surface area contributed by atoms with Crippen LogP contribution in [-0.4, -0.2) is 30.7 Å². The Balaban J connectivity index is 1.65. The molecule has 2 aromatic rings. The van der Waals surface area contributed by atoms with E-state index in [1.165, 1.54) is 10.9 Å². The van der Waals surface area contributed by atoms with Gasteiger partial charge in [-0.05, 0) is 37.1 Å². The Kier molecular flexibility index (Phi) is 4.78. The maximum Gasteiger partial charge on any atom is 0.159 e. The Morgan fingerprint density at radius 3 is 2.90 bits per heavy atom. The second-order valence-electron chi connectivity index (χ2n) is 5.39. The van der Waals surface area contributed by atoms with Crippen molar-refractivity contribution in [1.82, 2.24) is 4.57 Å². The van der Waals surface area contributed by atoms with Gasteiger partial charge in [-0.15, -0.1) is 0 Å². The first-order valence-corrected chi connectivity index (χ1v) is 7.81. The molecule has 0 aliphatic carbocycles. The molecule has 0 unspecified atom stereocenters. The zero-order valence-electron chi connectivity index (χ0n) is 12.6. The van der Waals surface area contributed by atoms with Gasteiger partial charge < -0.3 is 18.8 Å². The molecular formula is C17H23NO3. The quantitative estimate of drug-likeness (QED) is 0.814. The molecule has 0 saturated carbocycles. The summed E-state index contributed by atoms with van der Waals surface area (Å²) >= 11 is 0. The normalized spacial score (nSPS) is 16.4. The highest BCUT2D eigenvalue weighted by molar-refractivity contribution is 5.81. The monoisotopic (exact) mass is 289 g/mol. The highest BCUT2D eigenvalue weighted by Crippen LogP contribution is 2.23. The molecule has 0 radical (unpaired) electrons. The van der Waals surface area contributed by atoms with Crippen LogP contribution in [0.4, 0.5) is 0 Å². The van der Waals surface area contributed by atoms with Crippen molar-refractivity contribution in [2.75, 3.05) is 19.8 Å². The third-order valence-electron chi connectivity index (χ3n) is 3.72. The van der Waals surface area contributed by atoms with Gasteiger partial charge in [0.15, 0.2) is 6.29 Å². The first-order chi connectivity index (χ1) is 10.4. The van der Waals surface area contributed by atoms with E-state index < -0.39 is 0 Å². The van der Waals surface area contributed by atoms with Gasteiger partial charge in [0.25, 0.3) is 0 Å². The summed E-state index contributed by atoms with van der Waals surface area (Å²) in [7, 11) is 0. The van der Waals surface area contributed by atoms with E-state index >= 15 is 0 Å². The standard InChI is InChI=1S/C17H23NO3/c1-2-10-19-15-4-5-16-14(13-15)6-8-18(16)9-7-17-20-11-3-12-21-17/h4-6,8,13,17H,2-3,7,9-12H2,1H3. The molecule has 0 amide bonds. The van der Waals surface area contributed by atoms with Crippen molar-refractivity contribution in [3.63, 3.8) is 0 Å². The third kappa shape index (κ3) is 3.57. The summed E-state index contributed by atoms with van der Waals surface area (Å²) in [5.74, 6) is 0.945. The van der Waals surface area contributed by atoms with E-state index in [-0.39, 0.29) is 6.29 Å². The van der Waals surface area contributed by atoms with Crippen molar-refractivity contribution in [2.24, 2.45) is 0 Å². The molecule has 21 heavy (non-hydrogen) atoms. The predicted octanol–water partition coefficient (Wildman–Crippen LogP) is 3.58. The number of aromatic nitrogens is 1. The molecule has 4 nitrogen and oxygen atoms in total. The van der Waals surface area contributed by atoms with E-state index in [0.29, 0.717) is 0 Å².